The molecular formula is C99H154N4O8S4. The summed E-state index contributed by atoms with van der Waals surface area (Å²) in [5, 5.41) is 40.9. The van der Waals surface area contributed by atoms with Crippen LogP contribution in [0.4, 0.5) is 11.4 Å². The highest BCUT2D eigenvalue weighted by atomic mass is 32.1. The number of nitrogens with zero attached hydrogens (tertiary/aromatic N) is 2. The first-order valence-corrected chi connectivity index (χ1v) is 50.4. The number of aliphatic hydroxyl groups is 2. The van der Waals surface area contributed by atoms with Crippen molar-refractivity contribution >= 4 is 103 Å². The first-order valence-electron chi connectivity index (χ1n) is 46.9. The molecule has 16 heteroatoms. The van der Waals surface area contributed by atoms with Crippen LogP contribution in [0.5, 0.6) is 0 Å². The van der Waals surface area contributed by atoms with Crippen molar-refractivity contribution in [2.45, 2.75) is 394 Å². The Morgan fingerprint density at radius 3 is 0.983 bits per heavy atom. The van der Waals surface area contributed by atoms with Gasteiger partial charge >= 0.3 is 0 Å². The van der Waals surface area contributed by atoms with Crippen molar-refractivity contribution in [3.63, 3.8) is 0 Å². The molecule has 5 aromatic rings. The number of ketones is 2. The van der Waals surface area contributed by atoms with E-state index in [1.807, 2.05) is 0 Å². The second-order valence-electron chi connectivity index (χ2n) is 34.5. The van der Waals surface area contributed by atoms with Gasteiger partial charge in [-0.3, -0.25) is 28.8 Å². The lowest BCUT2D eigenvalue weighted by molar-refractivity contribution is -0.168. The normalized spacial score (nSPS) is 17.0. The summed E-state index contributed by atoms with van der Waals surface area (Å²) in [5.74, 6) is -3.55. The van der Waals surface area contributed by atoms with E-state index in [1.54, 1.807) is 57.7 Å². The van der Waals surface area contributed by atoms with Crippen molar-refractivity contribution in [2.75, 3.05) is 29.4 Å². The van der Waals surface area contributed by atoms with E-state index in [0.29, 0.717) is 28.1 Å². The van der Waals surface area contributed by atoms with Crippen LogP contribution in [-0.2, 0) is 40.0 Å². The minimum absolute atomic E-state index is 0.139. The molecule has 1 aromatic carbocycles. The van der Waals surface area contributed by atoms with Gasteiger partial charge in [-0.05, 0) is 127 Å². The van der Waals surface area contributed by atoms with E-state index in [0.717, 1.165) is 159 Å². The van der Waals surface area contributed by atoms with Gasteiger partial charge in [-0.15, -0.1) is 45.3 Å². The lowest BCUT2D eigenvalue weighted by atomic mass is 9.66. The predicted molar refractivity (Wildman–Crippen MR) is 489 cm³/mol. The van der Waals surface area contributed by atoms with Gasteiger partial charge in [-0.25, -0.2) is 0 Å². The molecule has 0 spiro atoms. The maximum Gasteiger partial charge on any atom is 0.260 e. The summed E-state index contributed by atoms with van der Waals surface area (Å²) in [7, 11) is 0. The third-order valence-electron chi connectivity index (χ3n) is 25.1. The Balaban J connectivity index is 0.000000319. The average molecular weight is 1660 g/mol. The number of hydrogen-bond donors (Lipinski definition) is 4. The number of rotatable bonds is 63. The maximum absolute atomic E-state index is 14.8. The summed E-state index contributed by atoms with van der Waals surface area (Å²) < 4.78 is 0. The SMILES string of the molecule is CCCCCCCCC(CCCCCC)CN1C(=O)C(c2cccs2)=c2cc3c(cc21)=C(c1cccs1)C(=O)N3CC(CCCCCC)CCCCCCCC.CCCCCCCCC(CCCCCC)CNC(=O)C(O)(c1cccs1)C1CC(=O)C(C(O)(C(=O)NC(CCCCCC)CCCCCCCC)c2cccs2)CC1=O. The fourth-order valence-electron chi connectivity index (χ4n) is 18.1. The first kappa shape index (κ1) is 97.0. The number of benzene rings is 1. The largest absolute Gasteiger partial charge is 0.374 e. The molecule has 12 nitrogen and oxygen atoms in total. The van der Waals surface area contributed by atoms with Crippen molar-refractivity contribution in [3.8, 4) is 0 Å². The van der Waals surface area contributed by atoms with Crippen LogP contribution in [0.1, 0.15) is 396 Å². The molecule has 4 amide bonds. The molecule has 2 aliphatic heterocycles. The number of Topliss-reactive ketones (excluding diaryl/α,β-unsaturated/α-hetero) is 2. The van der Waals surface area contributed by atoms with Gasteiger partial charge < -0.3 is 30.6 Å². The molecule has 0 bridgehead atoms. The van der Waals surface area contributed by atoms with E-state index in [-0.39, 0.29) is 23.8 Å². The van der Waals surface area contributed by atoms with Gasteiger partial charge in [-0.2, -0.15) is 0 Å². The monoisotopic (exact) mass is 1660 g/mol. The lowest BCUT2D eigenvalue weighted by Crippen LogP contribution is -2.59. The van der Waals surface area contributed by atoms with Crippen LogP contribution in [0.3, 0.4) is 0 Å². The number of thiophene rings is 4. The molecule has 8 rings (SSSR count). The van der Waals surface area contributed by atoms with Crippen LogP contribution in [-0.4, -0.2) is 71.1 Å². The molecule has 642 valence electrons. The molecule has 0 saturated heterocycles. The number of nitrogens with one attached hydrogen (secondary N) is 2. The highest BCUT2D eigenvalue weighted by Gasteiger charge is 2.59. The molecule has 8 unspecified atom stereocenters. The Bertz CT molecular complexity index is 3540. The van der Waals surface area contributed by atoms with Crippen molar-refractivity contribution in [1.82, 2.24) is 10.6 Å². The molecule has 1 aliphatic carbocycles. The van der Waals surface area contributed by atoms with Gasteiger partial charge in [0.05, 0.1) is 34.4 Å². The number of amides is 4. The van der Waals surface area contributed by atoms with E-state index < -0.39 is 59.3 Å². The number of anilines is 2. The highest BCUT2D eigenvalue weighted by Crippen LogP contribution is 2.46. The van der Waals surface area contributed by atoms with Gasteiger partial charge in [0.1, 0.15) is 11.6 Å². The van der Waals surface area contributed by atoms with Crippen molar-refractivity contribution in [3.05, 3.63) is 112 Å². The third-order valence-corrected chi connectivity index (χ3v) is 28.9. The second kappa shape index (κ2) is 54.9. The molecule has 1 fully saturated rings. The molecule has 1 saturated carbocycles. The molecule has 4 aromatic heterocycles. The van der Waals surface area contributed by atoms with Gasteiger partial charge in [0, 0.05) is 68.5 Å². The van der Waals surface area contributed by atoms with Gasteiger partial charge in [0.15, 0.2) is 11.2 Å². The Morgan fingerprint density at radius 1 is 0.383 bits per heavy atom. The maximum atomic E-state index is 14.8. The number of hydrogen-bond acceptors (Lipinski definition) is 12. The summed E-state index contributed by atoms with van der Waals surface area (Å²) in [4.78, 5) is 94.0. The standard InChI is InChI=1S/C50H74N2O2S2.C49H80N2O6S2/c1-5-9-13-17-19-23-29-39(27-21-15-11-7-3)37-51-43-35-42-44(36-41(43)47(49(51)53)45-31-25-33-55-45)52(50(54)48(42)46-32-26-34-56-46)38-40(28-22-16-12-8-4)30-24-20-18-14-10-6-2;1-5-9-13-17-19-22-28-38(27-21-15-11-7-3)37-50-46(54)48(56,44-31-25-33-58-44)40-35-43(53)41(36-42(40)52)49(57,45-32-26-34-59-45)47(55)51-39(29-23-16-12-8-4)30-24-20-18-14-10-6-2/h25-26,31-36,39-40H,5-24,27-30,37-38H2,1-4H3;25-26,31-34,38-41,56-57H,5-24,27-30,35-37H2,1-4H3,(H,50,54)(H,51,55). The zero-order valence-electron chi connectivity index (χ0n) is 72.9. The Kier molecular flexibility index (Phi) is 46.4. The zero-order valence-corrected chi connectivity index (χ0v) is 76.2. The Hall–Kier alpha value is -5.10. The zero-order chi connectivity index (χ0) is 82.5. The van der Waals surface area contributed by atoms with Crippen LogP contribution < -0.4 is 30.9 Å². The molecular weight excluding hydrogens is 1500 g/mol. The van der Waals surface area contributed by atoms with Crippen LogP contribution in [0, 0.1) is 29.6 Å². The minimum atomic E-state index is -2.26. The minimum Gasteiger partial charge on any atom is -0.374 e. The number of carbonyl (C=O) groups excluding carboxylic acids is 6. The van der Waals surface area contributed by atoms with Crippen LogP contribution >= 0.6 is 45.3 Å². The smallest absolute Gasteiger partial charge is 0.260 e. The quantitative estimate of drug-likeness (QED) is 0.0278. The van der Waals surface area contributed by atoms with E-state index in [9.17, 15) is 39.0 Å². The Morgan fingerprint density at radius 2 is 0.670 bits per heavy atom. The highest BCUT2D eigenvalue weighted by molar-refractivity contribution is 7.12. The number of unbranched alkanes of at least 4 members (excludes halogenated alkanes) is 32. The van der Waals surface area contributed by atoms with E-state index in [4.69, 9.17) is 0 Å². The topological polar surface area (TPSA) is 173 Å². The number of carbonyl (C=O) groups is 6. The molecule has 115 heavy (non-hydrogen) atoms. The predicted octanol–water partition coefficient (Wildman–Crippen LogP) is 25.3. The van der Waals surface area contributed by atoms with Gasteiger partial charge in [0.25, 0.3) is 23.6 Å². The third kappa shape index (κ3) is 29.9. The van der Waals surface area contributed by atoms with Gasteiger partial charge in [-0.1, -0.05) is 336 Å². The average Bonchev–Trinajstić information content (AvgIpc) is 1.73. The van der Waals surface area contributed by atoms with Gasteiger partial charge in [0.2, 0.25) is 0 Å². The molecule has 6 heterocycles. The second-order valence-corrected chi connectivity index (χ2v) is 38.2. The van der Waals surface area contributed by atoms with Crippen LogP contribution in [0.2, 0.25) is 0 Å². The van der Waals surface area contributed by atoms with Crippen molar-refractivity contribution in [2.24, 2.45) is 29.6 Å². The van der Waals surface area contributed by atoms with E-state index in [2.05, 4.69) is 123 Å². The summed E-state index contributed by atoms with van der Waals surface area (Å²) in [6.45, 7) is 19.8. The molecule has 3 aliphatic rings. The Labute approximate surface area is 712 Å². The summed E-state index contributed by atoms with van der Waals surface area (Å²) >= 11 is 5.68. The van der Waals surface area contributed by atoms with E-state index in [1.165, 1.54) is 228 Å². The van der Waals surface area contributed by atoms with E-state index >= 15 is 0 Å². The van der Waals surface area contributed by atoms with Crippen LogP contribution in [0.15, 0.2) is 82.2 Å². The summed E-state index contributed by atoms with van der Waals surface area (Å²) in [6, 6.07) is 19.4. The molecule has 4 N–H and O–H groups in total. The summed E-state index contributed by atoms with van der Waals surface area (Å²) in [5.41, 5.74) is -0.872. The lowest BCUT2D eigenvalue weighted by Gasteiger charge is -2.41. The van der Waals surface area contributed by atoms with Crippen LogP contribution in [0.25, 0.3) is 11.1 Å². The first-order chi connectivity index (χ1) is 56.1. The molecule has 8 atom stereocenters. The number of fused-ring (bicyclic) bond motifs is 2. The van der Waals surface area contributed by atoms with Crippen molar-refractivity contribution < 1.29 is 39.0 Å². The fourth-order valence-corrected chi connectivity index (χ4v) is 21.4. The summed E-state index contributed by atoms with van der Waals surface area (Å²) in [6.07, 6.45) is 55.6. The molecule has 0 radical (unpaired) electrons. The fraction of sp³-hybridized carbons (Fsp3) is 0.697. The van der Waals surface area contributed by atoms with Crippen molar-refractivity contribution in [1.29, 1.82) is 0 Å².